The minimum absolute atomic E-state index is 0.135. The van der Waals surface area contributed by atoms with Gasteiger partial charge in [-0.2, -0.15) is 0 Å². The molecule has 0 saturated carbocycles. The van der Waals surface area contributed by atoms with Gasteiger partial charge in [-0.15, -0.1) is 0 Å². The van der Waals surface area contributed by atoms with Crippen LogP contribution in [-0.4, -0.2) is 42.2 Å². The predicted molar refractivity (Wildman–Crippen MR) is 97.9 cm³/mol. The molecule has 0 radical (unpaired) electrons. The zero-order valence-electron chi connectivity index (χ0n) is 15.1. The van der Waals surface area contributed by atoms with Crippen molar-refractivity contribution in [1.82, 2.24) is 0 Å². The van der Waals surface area contributed by atoms with Crippen molar-refractivity contribution in [2.75, 3.05) is 6.26 Å². The Morgan fingerprint density at radius 3 is 2.29 bits per heavy atom. The van der Waals surface area contributed by atoms with Gasteiger partial charge in [0.25, 0.3) is 0 Å². The molecular formula is C18H34O5S. The first kappa shape index (κ1) is 23.1. The van der Waals surface area contributed by atoms with Crippen LogP contribution in [0, 0.1) is 0 Å². The highest BCUT2D eigenvalue weighted by molar-refractivity contribution is 7.91. The number of hydrogen-bond donors (Lipinski definition) is 2. The maximum absolute atomic E-state index is 11.9. The first-order valence-electron chi connectivity index (χ1n) is 9.01. The highest BCUT2D eigenvalue weighted by atomic mass is 32.2. The van der Waals surface area contributed by atoms with Crippen LogP contribution in [0.3, 0.4) is 0 Å². The molecule has 2 N–H and O–H groups in total. The van der Waals surface area contributed by atoms with Crippen LogP contribution in [0.2, 0.25) is 0 Å². The lowest BCUT2D eigenvalue weighted by Crippen LogP contribution is -2.20. The number of rotatable bonds is 15. The van der Waals surface area contributed by atoms with Crippen molar-refractivity contribution in [3.8, 4) is 0 Å². The molecular weight excluding hydrogens is 328 g/mol. The van der Waals surface area contributed by atoms with Crippen molar-refractivity contribution in [3.63, 3.8) is 0 Å². The average Bonchev–Trinajstić information content (AvgIpc) is 2.47. The van der Waals surface area contributed by atoms with Crippen LogP contribution >= 0.6 is 0 Å². The van der Waals surface area contributed by atoms with Gasteiger partial charge in [0.2, 0.25) is 0 Å². The lowest BCUT2D eigenvalue weighted by molar-refractivity contribution is -0.137. The zero-order valence-corrected chi connectivity index (χ0v) is 15.9. The molecule has 0 fully saturated rings. The third-order valence-electron chi connectivity index (χ3n) is 4.14. The van der Waals surface area contributed by atoms with Crippen LogP contribution in [0.25, 0.3) is 0 Å². The first-order valence-corrected chi connectivity index (χ1v) is 11.0. The third-order valence-corrected chi connectivity index (χ3v) is 5.78. The van der Waals surface area contributed by atoms with E-state index in [0.717, 1.165) is 25.7 Å². The van der Waals surface area contributed by atoms with Gasteiger partial charge in [0, 0.05) is 12.7 Å². The Hall–Kier alpha value is -0.880. The second kappa shape index (κ2) is 13.4. The van der Waals surface area contributed by atoms with E-state index in [1.807, 2.05) is 12.2 Å². The summed E-state index contributed by atoms with van der Waals surface area (Å²) in [5.41, 5.74) is 0. The van der Waals surface area contributed by atoms with Crippen LogP contribution in [0.1, 0.15) is 77.6 Å². The maximum atomic E-state index is 11.9. The molecule has 24 heavy (non-hydrogen) atoms. The smallest absolute Gasteiger partial charge is 0.303 e. The molecule has 0 bridgehead atoms. The summed E-state index contributed by atoms with van der Waals surface area (Å²) in [6.07, 6.45) is 12.4. The molecule has 0 aliphatic carbocycles. The lowest BCUT2D eigenvalue weighted by Gasteiger charge is -2.15. The van der Waals surface area contributed by atoms with E-state index in [1.54, 1.807) is 0 Å². The summed E-state index contributed by atoms with van der Waals surface area (Å²) in [6, 6.07) is 0. The molecule has 0 amide bonds. The predicted octanol–water partition coefficient (Wildman–Crippen LogP) is 3.71. The Balaban J connectivity index is 4.11. The summed E-state index contributed by atoms with van der Waals surface area (Å²) >= 11 is 0. The molecule has 0 rings (SSSR count). The summed E-state index contributed by atoms with van der Waals surface area (Å²) in [6.45, 7) is 2.12. The Labute approximate surface area is 147 Å². The zero-order chi connectivity index (χ0) is 18.4. The molecule has 0 aromatic rings. The number of aliphatic hydroxyl groups excluding tert-OH is 1. The third kappa shape index (κ3) is 13.5. The Kier molecular flexibility index (Phi) is 12.9. The van der Waals surface area contributed by atoms with Crippen LogP contribution < -0.4 is 0 Å². The normalized spacial score (nSPS) is 14.8. The summed E-state index contributed by atoms with van der Waals surface area (Å²) in [4.78, 5) is 10.4. The first-order chi connectivity index (χ1) is 11.3. The van der Waals surface area contributed by atoms with Crippen LogP contribution in [0.5, 0.6) is 0 Å². The lowest BCUT2D eigenvalue weighted by atomic mass is 10.0. The van der Waals surface area contributed by atoms with Crippen LogP contribution in [0.4, 0.5) is 0 Å². The maximum Gasteiger partial charge on any atom is 0.303 e. The van der Waals surface area contributed by atoms with Crippen molar-refractivity contribution in [2.24, 2.45) is 0 Å². The fourth-order valence-electron chi connectivity index (χ4n) is 2.60. The van der Waals surface area contributed by atoms with Crippen molar-refractivity contribution >= 4 is 15.8 Å². The van der Waals surface area contributed by atoms with Crippen molar-refractivity contribution in [1.29, 1.82) is 0 Å². The van der Waals surface area contributed by atoms with E-state index in [0.29, 0.717) is 38.5 Å². The molecule has 2 atom stereocenters. The quantitative estimate of drug-likeness (QED) is 0.342. The highest BCUT2D eigenvalue weighted by Crippen LogP contribution is 2.17. The number of aliphatic carboxylic acids is 1. The minimum atomic E-state index is -3.12. The number of aliphatic hydroxyl groups is 1. The Morgan fingerprint density at radius 1 is 1.04 bits per heavy atom. The van der Waals surface area contributed by atoms with E-state index in [4.69, 9.17) is 5.11 Å². The van der Waals surface area contributed by atoms with E-state index in [9.17, 15) is 18.3 Å². The van der Waals surface area contributed by atoms with E-state index >= 15 is 0 Å². The van der Waals surface area contributed by atoms with Gasteiger partial charge in [-0.05, 0) is 44.9 Å². The summed E-state index contributed by atoms with van der Waals surface area (Å²) in [5.74, 6) is -0.810. The molecule has 0 heterocycles. The molecule has 0 aliphatic rings. The highest BCUT2D eigenvalue weighted by Gasteiger charge is 2.19. The fraction of sp³-hybridized carbons (Fsp3) is 0.833. The SMILES string of the molecule is CCCCCC(O)CCCC(C/C=C\CCCC(=O)O)S(C)(=O)=O. The monoisotopic (exact) mass is 362 g/mol. The standard InChI is InChI=1S/C18H34O5S/c1-3-4-7-11-16(19)12-10-14-17(24(2,22)23)13-8-5-6-9-15-18(20)21/h5,8,16-17,19H,3-4,6-7,9-15H2,1-2H3,(H,20,21)/b8-5-. The van der Waals surface area contributed by atoms with Gasteiger partial charge in [-0.3, -0.25) is 4.79 Å². The number of carboxylic acids is 1. The molecule has 0 saturated heterocycles. The van der Waals surface area contributed by atoms with E-state index < -0.39 is 21.1 Å². The molecule has 2 unspecified atom stereocenters. The second-order valence-corrected chi connectivity index (χ2v) is 8.85. The van der Waals surface area contributed by atoms with E-state index in [1.165, 1.54) is 6.26 Å². The van der Waals surface area contributed by atoms with E-state index in [-0.39, 0.29) is 12.5 Å². The van der Waals surface area contributed by atoms with E-state index in [2.05, 4.69) is 6.92 Å². The number of allylic oxidation sites excluding steroid dienone is 2. The van der Waals surface area contributed by atoms with Gasteiger partial charge in [-0.25, -0.2) is 8.42 Å². The van der Waals surface area contributed by atoms with Gasteiger partial charge in [0.15, 0.2) is 9.84 Å². The fourth-order valence-corrected chi connectivity index (χ4v) is 3.65. The number of unbranched alkanes of at least 4 members (excludes halogenated alkanes) is 3. The molecule has 6 heteroatoms. The van der Waals surface area contributed by atoms with Gasteiger partial charge >= 0.3 is 5.97 Å². The molecule has 0 aromatic carbocycles. The largest absolute Gasteiger partial charge is 0.481 e. The van der Waals surface area contributed by atoms with Crippen LogP contribution in [-0.2, 0) is 14.6 Å². The molecule has 0 aliphatic heterocycles. The Morgan fingerprint density at radius 2 is 1.71 bits per heavy atom. The Bertz CT molecular complexity index is 456. The van der Waals surface area contributed by atoms with Gasteiger partial charge < -0.3 is 10.2 Å². The summed E-state index contributed by atoms with van der Waals surface area (Å²) < 4.78 is 23.7. The topological polar surface area (TPSA) is 91.7 Å². The average molecular weight is 363 g/mol. The number of sulfone groups is 1. The summed E-state index contributed by atoms with van der Waals surface area (Å²) in [7, 11) is -3.12. The number of carboxylic acid groups (broad SMARTS) is 1. The minimum Gasteiger partial charge on any atom is -0.481 e. The molecule has 0 spiro atoms. The van der Waals surface area contributed by atoms with Crippen molar-refractivity contribution in [2.45, 2.75) is 88.9 Å². The van der Waals surface area contributed by atoms with Gasteiger partial charge in [0.05, 0.1) is 11.4 Å². The molecule has 5 nitrogen and oxygen atoms in total. The van der Waals surface area contributed by atoms with Gasteiger partial charge in [0.1, 0.15) is 0 Å². The number of hydrogen-bond acceptors (Lipinski definition) is 4. The molecule has 142 valence electrons. The van der Waals surface area contributed by atoms with Crippen molar-refractivity contribution < 1.29 is 23.4 Å². The van der Waals surface area contributed by atoms with Crippen LogP contribution in [0.15, 0.2) is 12.2 Å². The number of carbonyl (C=O) groups is 1. The van der Waals surface area contributed by atoms with Gasteiger partial charge in [-0.1, -0.05) is 38.3 Å². The molecule has 0 aromatic heterocycles. The second-order valence-electron chi connectivity index (χ2n) is 6.53. The van der Waals surface area contributed by atoms with Crippen molar-refractivity contribution in [3.05, 3.63) is 12.2 Å². The summed E-state index contributed by atoms with van der Waals surface area (Å²) in [5, 5.41) is 18.0.